The molecule has 1 atom stereocenters. The van der Waals surface area contributed by atoms with Gasteiger partial charge in [0, 0.05) is 0 Å². The molecule has 0 bridgehead atoms. The number of aliphatic hydroxyl groups excluding tert-OH is 1. The van der Waals surface area contributed by atoms with Crippen LogP contribution in [0.25, 0.3) is 0 Å². The summed E-state index contributed by atoms with van der Waals surface area (Å²) in [6, 6.07) is 8.73. The van der Waals surface area contributed by atoms with Gasteiger partial charge in [0.05, 0.1) is 30.8 Å². The first-order chi connectivity index (χ1) is 8.61. The Bertz CT molecular complexity index is 422. The van der Waals surface area contributed by atoms with Gasteiger partial charge in [0.25, 0.3) is 0 Å². The smallest absolute Gasteiger partial charge is 0.305 e. The molecule has 0 amide bonds. The summed E-state index contributed by atoms with van der Waals surface area (Å²) in [4.78, 5) is 10.3. The number of hydrogen-bond acceptors (Lipinski definition) is 4. The van der Waals surface area contributed by atoms with Gasteiger partial charge in [-0.15, -0.1) is 0 Å². The summed E-state index contributed by atoms with van der Waals surface area (Å²) in [5.74, 6) is -0.350. The third-order valence-corrected chi connectivity index (χ3v) is 2.34. The maximum Gasteiger partial charge on any atom is 0.305 e. The number of carbonyl (C=O) groups is 1. The fraction of sp³-hybridized carbons (Fsp3) is 0.385. The molecule has 0 aliphatic rings. The number of carboxylic acid groups (broad SMARTS) is 1. The van der Waals surface area contributed by atoms with Crippen molar-refractivity contribution in [3.05, 3.63) is 29.8 Å². The molecule has 5 nitrogen and oxygen atoms in total. The third kappa shape index (κ3) is 5.32. The molecule has 0 spiro atoms. The number of ether oxygens (including phenoxy) is 1. The summed E-state index contributed by atoms with van der Waals surface area (Å²) in [5.41, 5.74) is 0.569. The quantitative estimate of drug-likeness (QED) is 0.715. The van der Waals surface area contributed by atoms with Gasteiger partial charge in [-0.2, -0.15) is 5.26 Å². The minimum atomic E-state index is -1.00. The number of nitriles is 1. The van der Waals surface area contributed by atoms with E-state index in [1.54, 1.807) is 24.3 Å². The molecule has 0 saturated carbocycles. The van der Waals surface area contributed by atoms with E-state index in [0.717, 1.165) is 0 Å². The third-order valence-electron chi connectivity index (χ3n) is 2.34. The van der Waals surface area contributed by atoms with Gasteiger partial charge >= 0.3 is 5.97 Å². The van der Waals surface area contributed by atoms with Crippen LogP contribution in [0.4, 0.5) is 0 Å². The second-order valence-electron chi connectivity index (χ2n) is 3.88. The molecule has 18 heavy (non-hydrogen) atoms. The average Bonchev–Trinajstić information content (AvgIpc) is 2.34. The number of aliphatic carboxylic acids is 1. The fourth-order valence-corrected chi connectivity index (χ4v) is 1.44. The highest BCUT2D eigenvalue weighted by Crippen LogP contribution is 2.12. The van der Waals surface area contributed by atoms with Crippen LogP contribution in [0.5, 0.6) is 5.75 Å². The summed E-state index contributed by atoms with van der Waals surface area (Å²) in [6.45, 7) is 0.405. The lowest BCUT2D eigenvalue weighted by Crippen LogP contribution is -2.14. The van der Waals surface area contributed by atoms with Crippen molar-refractivity contribution < 1.29 is 19.7 Å². The highest BCUT2D eigenvalue weighted by molar-refractivity contribution is 5.67. The Morgan fingerprint density at radius 3 is 2.61 bits per heavy atom. The van der Waals surface area contributed by atoms with Gasteiger partial charge in [0.1, 0.15) is 5.75 Å². The van der Waals surface area contributed by atoms with Crippen LogP contribution >= 0.6 is 0 Å². The summed E-state index contributed by atoms with van der Waals surface area (Å²) >= 11 is 0. The van der Waals surface area contributed by atoms with Gasteiger partial charge < -0.3 is 14.9 Å². The van der Waals surface area contributed by atoms with E-state index in [1.807, 2.05) is 6.07 Å². The van der Waals surface area contributed by atoms with E-state index in [4.69, 9.17) is 15.1 Å². The average molecular weight is 249 g/mol. The van der Waals surface area contributed by atoms with Crippen molar-refractivity contribution in [3.8, 4) is 11.8 Å². The van der Waals surface area contributed by atoms with Crippen LogP contribution in [-0.2, 0) is 4.79 Å². The number of rotatable bonds is 7. The van der Waals surface area contributed by atoms with Crippen LogP contribution in [0.1, 0.15) is 24.8 Å². The van der Waals surface area contributed by atoms with Crippen molar-refractivity contribution in [1.82, 2.24) is 0 Å². The Morgan fingerprint density at radius 2 is 2.06 bits per heavy atom. The van der Waals surface area contributed by atoms with E-state index < -0.39 is 12.1 Å². The van der Waals surface area contributed by atoms with Gasteiger partial charge in [0.2, 0.25) is 0 Å². The number of nitrogens with zero attached hydrogens (tertiary/aromatic N) is 1. The molecular formula is C13H15NO4. The molecule has 1 aromatic carbocycles. The molecular weight excluding hydrogens is 234 g/mol. The van der Waals surface area contributed by atoms with Crippen LogP contribution in [-0.4, -0.2) is 28.9 Å². The van der Waals surface area contributed by atoms with Gasteiger partial charge in [0.15, 0.2) is 0 Å². The van der Waals surface area contributed by atoms with Crippen molar-refractivity contribution >= 4 is 5.97 Å². The highest BCUT2D eigenvalue weighted by atomic mass is 16.5. The van der Waals surface area contributed by atoms with Gasteiger partial charge in [-0.05, 0) is 37.1 Å². The number of carboxylic acids is 1. The lowest BCUT2D eigenvalue weighted by molar-refractivity contribution is -0.139. The van der Waals surface area contributed by atoms with Gasteiger partial charge in [-0.25, -0.2) is 0 Å². The van der Waals surface area contributed by atoms with E-state index in [9.17, 15) is 9.90 Å². The Morgan fingerprint density at radius 1 is 1.39 bits per heavy atom. The topological polar surface area (TPSA) is 90.5 Å². The van der Waals surface area contributed by atoms with E-state index in [-0.39, 0.29) is 6.42 Å². The van der Waals surface area contributed by atoms with Crippen LogP contribution in [0.3, 0.4) is 0 Å². The zero-order valence-corrected chi connectivity index (χ0v) is 9.87. The Labute approximate surface area is 105 Å². The first-order valence-corrected chi connectivity index (χ1v) is 5.64. The maximum absolute atomic E-state index is 10.3. The second kappa shape index (κ2) is 7.30. The van der Waals surface area contributed by atoms with Gasteiger partial charge in [-0.1, -0.05) is 0 Å². The van der Waals surface area contributed by atoms with Crippen LogP contribution < -0.4 is 4.74 Å². The first-order valence-electron chi connectivity index (χ1n) is 5.64. The normalized spacial score (nSPS) is 11.6. The minimum absolute atomic E-state index is 0.239. The molecule has 96 valence electrons. The summed E-state index contributed by atoms with van der Waals surface area (Å²) in [5, 5.41) is 26.4. The number of benzene rings is 1. The molecule has 5 heteroatoms. The number of hydrogen-bond donors (Lipinski definition) is 2. The molecule has 0 heterocycles. The highest BCUT2D eigenvalue weighted by Gasteiger charge is 2.08. The Hall–Kier alpha value is -2.06. The molecule has 1 aromatic rings. The van der Waals surface area contributed by atoms with E-state index in [0.29, 0.717) is 30.8 Å². The van der Waals surface area contributed by atoms with Gasteiger partial charge in [-0.3, -0.25) is 4.79 Å². The Kier molecular flexibility index (Phi) is 5.68. The molecule has 0 fully saturated rings. The monoisotopic (exact) mass is 249 g/mol. The summed E-state index contributed by atoms with van der Waals surface area (Å²) in [6.07, 6.45) is -0.0967. The zero-order chi connectivity index (χ0) is 13.4. The van der Waals surface area contributed by atoms with Crippen molar-refractivity contribution in [2.24, 2.45) is 0 Å². The van der Waals surface area contributed by atoms with E-state index >= 15 is 0 Å². The lowest BCUT2D eigenvalue weighted by Gasteiger charge is -2.09. The van der Waals surface area contributed by atoms with E-state index in [2.05, 4.69) is 0 Å². The molecule has 0 saturated heterocycles. The van der Waals surface area contributed by atoms with Crippen molar-refractivity contribution in [2.75, 3.05) is 6.61 Å². The Balaban J connectivity index is 2.21. The first kappa shape index (κ1) is 14.0. The second-order valence-corrected chi connectivity index (χ2v) is 3.88. The molecule has 0 radical (unpaired) electrons. The van der Waals surface area contributed by atoms with Crippen LogP contribution in [0.15, 0.2) is 24.3 Å². The molecule has 0 aliphatic heterocycles. The minimum Gasteiger partial charge on any atom is -0.494 e. The molecule has 1 rings (SSSR count). The predicted molar refractivity (Wildman–Crippen MR) is 64.1 cm³/mol. The van der Waals surface area contributed by atoms with Crippen molar-refractivity contribution in [2.45, 2.75) is 25.4 Å². The zero-order valence-electron chi connectivity index (χ0n) is 9.87. The lowest BCUT2D eigenvalue weighted by atomic mass is 10.1. The molecule has 0 aromatic heterocycles. The summed E-state index contributed by atoms with van der Waals surface area (Å²) in [7, 11) is 0. The summed E-state index contributed by atoms with van der Waals surface area (Å²) < 4.78 is 5.39. The molecule has 1 unspecified atom stereocenters. The number of aliphatic hydroxyl groups is 1. The largest absolute Gasteiger partial charge is 0.494 e. The molecule has 0 aliphatic carbocycles. The van der Waals surface area contributed by atoms with Crippen molar-refractivity contribution in [1.29, 1.82) is 5.26 Å². The fourth-order valence-electron chi connectivity index (χ4n) is 1.44. The molecule has 2 N–H and O–H groups in total. The predicted octanol–water partition coefficient (Wildman–Crippen LogP) is 1.55. The standard InChI is InChI=1S/C13H15NO4/c14-9-10-3-5-12(6-4-10)18-7-1-2-11(15)8-13(16)17/h3-6,11,15H,1-2,7-8H2,(H,16,17). The van der Waals surface area contributed by atoms with Crippen LogP contribution in [0.2, 0.25) is 0 Å². The SMILES string of the molecule is N#Cc1ccc(OCCCC(O)CC(=O)O)cc1. The van der Waals surface area contributed by atoms with E-state index in [1.165, 1.54) is 0 Å². The maximum atomic E-state index is 10.3. The van der Waals surface area contributed by atoms with Crippen LogP contribution in [0, 0.1) is 11.3 Å². The van der Waals surface area contributed by atoms with Crippen molar-refractivity contribution in [3.63, 3.8) is 0 Å².